The number of amides is 1. The van der Waals surface area contributed by atoms with Crippen molar-refractivity contribution in [2.24, 2.45) is 0 Å². The van der Waals surface area contributed by atoms with Gasteiger partial charge in [0.05, 0.1) is 0 Å². The summed E-state index contributed by atoms with van der Waals surface area (Å²) in [4.78, 5) is 22.1. The van der Waals surface area contributed by atoms with Crippen LogP contribution in [0.1, 0.15) is 27.7 Å². The number of carboxylic acids is 1. The summed E-state index contributed by atoms with van der Waals surface area (Å²) in [6.07, 6.45) is 0. The molecule has 0 aliphatic heterocycles. The van der Waals surface area contributed by atoms with E-state index in [4.69, 9.17) is 5.11 Å². The minimum atomic E-state index is -1.37. The molecule has 1 atom stereocenters. The molecule has 0 radical (unpaired) electrons. The Labute approximate surface area is 87.3 Å². The molecule has 0 fully saturated rings. The average molecular weight is 179 g/mol. The number of nitrogens with one attached hydrogen (secondary N) is 1. The molecule has 0 saturated carbocycles. The molecule has 0 aromatic rings. The van der Waals surface area contributed by atoms with Crippen molar-refractivity contribution in [2.45, 2.75) is 37.3 Å². The number of carboxylic acid groups (broad SMARTS) is 1. The van der Waals surface area contributed by atoms with Gasteiger partial charge in [0.15, 0.2) is 0 Å². The molecule has 5 heteroatoms. The van der Waals surface area contributed by atoms with E-state index in [9.17, 15) is 9.59 Å². The fourth-order valence-electron chi connectivity index (χ4n) is 0.594. The number of carbonyl (C=O) groups excluding carboxylic acids is 1. The Morgan fingerprint density at radius 2 is 1.62 bits per heavy atom. The molecule has 0 aromatic carbocycles. The molecular weight excluding hydrogens is 165 g/mol. The Kier molecular flexibility index (Phi) is 3.60. The van der Waals surface area contributed by atoms with Gasteiger partial charge in [0.25, 0.3) is 0 Å². The van der Waals surface area contributed by atoms with Crippen molar-refractivity contribution in [1.29, 1.82) is 0 Å². The Bertz CT molecular complexity index is 230. The van der Waals surface area contributed by atoms with Gasteiger partial charge in [-0.25, -0.2) is 0 Å². The summed E-state index contributed by atoms with van der Waals surface area (Å²) in [5.41, 5.74) is -0.399. The van der Waals surface area contributed by atoms with Crippen LogP contribution in [0.15, 0.2) is 0 Å². The van der Waals surface area contributed by atoms with Crippen molar-refractivity contribution in [3.8, 4) is 0 Å². The third kappa shape index (κ3) is 3.84. The van der Waals surface area contributed by atoms with E-state index in [1.54, 1.807) is 0 Å². The maximum atomic E-state index is 11.4. The predicted molar refractivity (Wildman–Crippen MR) is 49.7 cm³/mol. The average Bonchev–Trinajstić information content (AvgIpc) is 1.82. The van der Waals surface area contributed by atoms with Crippen molar-refractivity contribution in [3.05, 3.63) is 0 Å². The molecule has 0 bridgehead atoms. The van der Waals surface area contributed by atoms with Crippen molar-refractivity contribution >= 4 is 29.6 Å². The molecule has 0 spiro atoms. The van der Waals surface area contributed by atoms with E-state index in [-0.39, 0.29) is 0 Å². The Morgan fingerprint density at radius 3 is 1.85 bits per heavy atom. The van der Waals surface area contributed by atoms with Crippen molar-refractivity contribution < 1.29 is 14.7 Å². The predicted octanol–water partition coefficient (Wildman–Crippen LogP) is 0.333. The van der Waals surface area contributed by atoms with Crippen molar-refractivity contribution in [2.75, 3.05) is 0 Å². The Hall–Kier alpha value is -0.463. The van der Waals surface area contributed by atoms with Crippen LogP contribution in [0.25, 0.3) is 0 Å². The zero-order valence-corrected chi connectivity index (χ0v) is 8.76. The van der Waals surface area contributed by atoms with Gasteiger partial charge in [-0.3, -0.25) is 0 Å². The molecule has 0 saturated heterocycles. The molecule has 1 unspecified atom stereocenters. The molecule has 4 nitrogen and oxygen atoms in total. The summed E-state index contributed by atoms with van der Waals surface area (Å²) >= 11 is 1.39. The standard InChI is InChI=1S/C8H14NO3.Li/c1-5(7(11)12)6(10)9-8(2,3)4;/h1-4H3,(H,9,10)(H,11,12);. The van der Waals surface area contributed by atoms with Crippen molar-refractivity contribution in [1.82, 2.24) is 5.32 Å². The van der Waals surface area contributed by atoms with Crippen LogP contribution >= 0.6 is 0 Å². The molecule has 70 valence electrons. The van der Waals surface area contributed by atoms with Gasteiger partial charge < -0.3 is 0 Å². The van der Waals surface area contributed by atoms with Gasteiger partial charge in [-0.05, 0) is 0 Å². The van der Waals surface area contributed by atoms with Crippen LogP contribution in [0.3, 0.4) is 0 Å². The van der Waals surface area contributed by atoms with E-state index >= 15 is 0 Å². The minimum absolute atomic E-state index is 0.399. The van der Waals surface area contributed by atoms with E-state index in [2.05, 4.69) is 5.32 Å². The fraction of sp³-hybridized carbons (Fsp3) is 0.750. The fourth-order valence-corrected chi connectivity index (χ4v) is 0.594. The monoisotopic (exact) mass is 179 g/mol. The zero-order chi connectivity index (χ0) is 10.9. The summed E-state index contributed by atoms with van der Waals surface area (Å²) in [5, 5.41) is 11.4. The van der Waals surface area contributed by atoms with Gasteiger partial charge in [-0.1, -0.05) is 0 Å². The summed E-state index contributed by atoms with van der Waals surface area (Å²) in [5.74, 6) is -1.58. The molecule has 1 amide bonds. The van der Waals surface area contributed by atoms with Gasteiger partial charge in [0, 0.05) is 0 Å². The van der Waals surface area contributed by atoms with Crippen LogP contribution < -0.4 is 5.32 Å². The number of carbonyl (C=O) groups is 2. The summed E-state index contributed by atoms with van der Waals surface area (Å²) in [7, 11) is 0. The summed E-state index contributed by atoms with van der Waals surface area (Å²) < 4.78 is -1.37. The molecule has 0 aliphatic carbocycles. The van der Waals surface area contributed by atoms with E-state index in [1.165, 1.54) is 24.6 Å². The first-order chi connectivity index (χ1) is 5.57. The first-order valence-corrected chi connectivity index (χ1v) is 4.13. The third-order valence-corrected chi connectivity index (χ3v) is 1.59. The van der Waals surface area contributed by atoms with Crippen LogP contribution in [0, 0.1) is 0 Å². The number of hydrogen-bond donors (Lipinski definition) is 2. The second-order valence-corrected chi connectivity index (χ2v) is 4.63. The summed E-state index contributed by atoms with van der Waals surface area (Å²) in [6, 6.07) is 0. The van der Waals surface area contributed by atoms with Crippen LogP contribution in [0.4, 0.5) is 0 Å². The van der Waals surface area contributed by atoms with E-state index in [1.807, 2.05) is 20.8 Å². The van der Waals surface area contributed by atoms with Crippen LogP contribution in [0.2, 0.25) is 4.09 Å². The zero-order valence-electron chi connectivity index (χ0n) is 8.76. The van der Waals surface area contributed by atoms with Gasteiger partial charge in [-0.15, -0.1) is 0 Å². The SMILES string of the molecule is [Li][C](C)(C(=O)O)C(=O)NC(C)(C)C. The quantitative estimate of drug-likeness (QED) is 0.474. The molecule has 0 aliphatic rings. The number of rotatable bonds is 2. The third-order valence-electron chi connectivity index (χ3n) is 1.59. The van der Waals surface area contributed by atoms with Crippen LogP contribution in [-0.4, -0.2) is 40.2 Å². The van der Waals surface area contributed by atoms with Gasteiger partial charge >= 0.3 is 86.9 Å². The second kappa shape index (κ2) is 3.73. The molecule has 13 heavy (non-hydrogen) atoms. The molecule has 0 rings (SSSR count). The molecule has 0 aromatic heterocycles. The first-order valence-electron chi connectivity index (χ1n) is 4.13. The molecule has 2 N–H and O–H groups in total. The Balaban J connectivity index is 4.53. The van der Waals surface area contributed by atoms with Gasteiger partial charge in [-0.2, -0.15) is 0 Å². The molecule has 0 heterocycles. The van der Waals surface area contributed by atoms with E-state index < -0.39 is 21.5 Å². The van der Waals surface area contributed by atoms with Crippen LogP contribution in [-0.2, 0) is 9.59 Å². The number of aliphatic carboxylic acids is 1. The normalized spacial score (nSPS) is 16.2. The van der Waals surface area contributed by atoms with Crippen molar-refractivity contribution in [3.63, 3.8) is 0 Å². The maximum absolute atomic E-state index is 11.4. The topological polar surface area (TPSA) is 66.4 Å². The molecular formula is C8H14LiNO3. The van der Waals surface area contributed by atoms with Gasteiger partial charge in [0.2, 0.25) is 0 Å². The van der Waals surface area contributed by atoms with Crippen LogP contribution in [0.5, 0.6) is 0 Å². The number of hydrogen-bond acceptors (Lipinski definition) is 2. The second-order valence-electron chi connectivity index (χ2n) is 4.63. The van der Waals surface area contributed by atoms with E-state index in [0.29, 0.717) is 0 Å². The van der Waals surface area contributed by atoms with E-state index in [0.717, 1.165) is 0 Å². The first kappa shape index (κ1) is 12.5. The Morgan fingerprint density at radius 1 is 1.23 bits per heavy atom. The van der Waals surface area contributed by atoms with Gasteiger partial charge in [0.1, 0.15) is 0 Å². The summed E-state index contributed by atoms with van der Waals surface area (Å²) in [6.45, 7) is 6.81.